The monoisotopic (exact) mass is 229 g/mol. The zero-order valence-electron chi connectivity index (χ0n) is 13.8. The molecule has 0 amide bonds. The summed E-state index contributed by atoms with van der Waals surface area (Å²) in [6.45, 7) is -5.59. The molecule has 0 aromatic carbocycles. The first-order chi connectivity index (χ1) is 8.81. The maximum atomic E-state index is 11.0. The van der Waals surface area contributed by atoms with Gasteiger partial charge in [-0.1, -0.05) is 0 Å². The quantitative estimate of drug-likeness (QED) is 0.605. The molecule has 1 aliphatic rings. The minimum atomic E-state index is -4.28. The Bertz CT molecular complexity index is 448. The van der Waals surface area contributed by atoms with E-state index in [4.69, 9.17) is 13.0 Å². The van der Waals surface area contributed by atoms with Crippen LogP contribution in [-0.4, -0.2) is 58.9 Å². The number of hydrogen-bond donors (Lipinski definition) is 0. The Hall–Kier alpha value is -0.170. The fourth-order valence-corrected chi connectivity index (χ4v) is 1.07. The Morgan fingerprint density at radius 3 is 2.71 bits per heavy atom. The van der Waals surface area contributed by atoms with Gasteiger partial charge in [0.25, 0.3) is 10.1 Å². The second-order valence-corrected chi connectivity index (χ2v) is 4.30. The Morgan fingerprint density at radius 2 is 2.14 bits per heavy atom. The topological polar surface area (TPSA) is 55.8 Å². The van der Waals surface area contributed by atoms with Crippen molar-refractivity contribution in [3.05, 3.63) is 0 Å². The van der Waals surface area contributed by atoms with Crippen LogP contribution >= 0.6 is 0 Å². The largest absolute Gasteiger partial charge is 0.379 e. The summed E-state index contributed by atoms with van der Waals surface area (Å²) in [4.78, 5) is 1.07. The third kappa shape index (κ3) is 5.54. The van der Waals surface area contributed by atoms with Crippen molar-refractivity contribution in [1.82, 2.24) is 4.90 Å². The Kier molecular flexibility index (Phi) is 2.34. The molecule has 84 valence electrons. The molecule has 14 heavy (non-hydrogen) atoms. The zero-order chi connectivity index (χ0) is 15.8. The van der Waals surface area contributed by atoms with Crippen LogP contribution < -0.4 is 0 Å². The summed E-state index contributed by atoms with van der Waals surface area (Å²) in [6.07, 6.45) is -2.63. The number of rotatable bonds is 5. The van der Waals surface area contributed by atoms with Crippen LogP contribution in [0.5, 0.6) is 0 Å². The Morgan fingerprint density at radius 1 is 1.50 bits per heavy atom. The second kappa shape index (κ2) is 5.65. The maximum absolute atomic E-state index is 11.0. The molecule has 1 heterocycles. The molecule has 0 atom stereocenters. The molecule has 0 aliphatic carbocycles. The van der Waals surface area contributed by atoms with Gasteiger partial charge in [-0.15, -0.1) is 0 Å². The van der Waals surface area contributed by atoms with Crippen LogP contribution in [0.15, 0.2) is 0 Å². The van der Waals surface area contributed by atoms with Gasteiger partial charge in [-0.3, -0.25) is 9.08 Å². The molecule has 0 aromatic rings. The predicted octanol–water partition coefficient (Wildman–Crippen LogP) is -0.315. The molecule has 0 unspecified atom stereocenters. The predicted molar refractivity (Wildman–Crippen MR) is 52.7 cm³/mol. The number of ether oxygens (including phenoxy) is 1. The smallest absolute Gasteiger partial charge is 0.264 e. The highest BCUT2D eigenvalue weighted by Gasteiger charge is 2.09. The van der Waals surface area contributed by atoms with Crippen molar-refractivity contribution >= 4 is 10.1 Å². The lowest BCUT2D eigenvalue weighted by Gasteiger charge is -2.26. The van der Waals surface area contributed by atoms with Crippen molar-refractivity contribution in [2.45, 2.75) is 6.37 Å². The third-order valence-electron chi connectivity index (χ3n) is 1.47. The van der Waals surface area contributed by atoms with E-state index in [1.54, 1.807) is 0 Å². The standard InChI is InChI=1S/C8H17NO4S/c1-14(10,11)13-6-2-3-9-4-7-12-8-5-9/h2-8H2,1H3/i2D2,3D2,6D2. The van der Waals surface area contributed by atoms with Crippen molar-refractivity contribution in [2.24, 2.45) is 0 Å². The van der Waals surface area contributed by atoms with Crippen molar-refractivity contribution < 1.29 is 25.6 Å². The molecular formula is C8H17NO4S. The van der Waals surface area contributed by atoms with E-state index < -0.39 is 29.5 Å². The summed E-state index contributed by atoms with van der Waals surface area (Å²) < 4.78 is 77.1. The first-order valence-corrected chi connectivity index (χ1v) is 5.86. The van der Waals surface area contributed by atoms with Crippen molar-refractivity contribution in [3.8, 4) is 0 Å². The normalized spacial score (nSPS) is 29.2. The van der Waals surface area contributed by atoms with E-state index in [9.17, 15) is 8.42 Å². The van der Waals surface area contributed by atoms with Crippen LogP contribution in [-0.2, 0) is 19.0 Å². The van der Waals surface area contributed by atoms with Gasteiger partial charge in [-0.2, -0.15) is 8.42 Å². The highest BCUT2D eigenvalue weighted by molar-refractivity contribution is 7.85. The number of nitrogens with zero attached hydrogens (tertiary/aromatic N) is 1. The van der Waals surface area contributed by atoms with E-state index >= 15 is 0 Å². The lowest BCUT2D eigenvalue weighted by atomic mass is 10.3. The molecule has 1 aliphatic heterocycles. The minimum absolute atomic E-state index is 0.0709. The molecule has 6 heteroatoms. The third-order valence-corrected chi connectivity index (χ3v) is 1.86. The highest BCUT2D eigenvalue weighted by Crippen LogP contribution is 1.98. The van der Waals surface area contributed by atoms with Crippen molar-refractivity contribution in [3.63, 3.8) is 0 Å². The molecule has 0 saturated carbocycles. The van der Waals surface area contributed by atoms with Crippen LogP contribution in [0.1, 0.15) is 14.6 Å². The van der Waals surface area contributed by atoms with Gasteiger partial charge in [0.05, 0.1) is 28.8 Å². The average Bonchev–Trinajstić information content (AvgIpc) is 2.26. The summed E-state index contributed by atoms with van der Waals surface area (Å²) in [5.74, 6) is 0. The van der Waals surface area contributed by atoms with Crippen molar-refractivity contribution in [1.29, 1.82) is 0 Å². The van der Waals surface area contributed by atoms with Crippen LogP contribution in [0, 0.1) is 0 Å². The summed E-state index contributed by atoms with van der Waals surface area (Å²) in [5.41, 5.74) is 0. The SMILES string of the molecule is [2H]C([2H])(OS(C)(=O)=O)C([2H])([2H])C([2H])([2H])N1CCOCC1. The molecular weight excluding hydrogens is 206 g/mol. The lowest BCUT2D eigenvalue weighted by Crippen LogP contribution is -2.37. The van der Waals surface area contributed by atoms with Crippen molar-refractivity contribution in [2.75, 3.05) is 45.6 Å². The molecule has 1 saturated heterocycles. The van der Waals surface area contributed by atoms with Crippen LogP contribution in [0.25, 0.3) is 0 Å². The Balaban J connectivity index is 3.05. The summed E-state index contributed by atoms with van der Waals surface area (Å²) in [7, 11) is -4.28. The molecule has 0 bridgehead atoms. The van der Waals surface area contributed by atoms with E-state index in [2.05, 4.69) is 4.18 Å². The fourth-order valence-electron chi connectivity index (χ4n) is 0.874. The van der Waals surface area contributed by atoms with Gasteiger partial charge in [-0.05, 0) is 6.37 Å². The molecule has 0 aromatic heterocycles. The molecule has 1 fully saturated rings. The zero-order valence-corrected chi connectivity index (χ0v) is 8.63. The minimum Gasteiger partial charge on any atom is -0.379 e. The van der Waals surface area contributed by atoms with E-state index in [-0.39, 0.29) is 26.3 Å². The van der Waals surface area contributed by atoms with E-state index in [0.717, 1.165) is 4.90 Å². The summed E-state index contributed by atoms with van der Waals surface area (Å²) in [5, 5.41) is 0. The first-order valence-electron chi connectivity index (χ1n) is 7.05. The first kappa shape index (κ1) is 5.79. The molecule has 0 N–H and O–H groups in total. The van der Waals surface area contributed by atoms with E-state index in [1.807, 2.05) is 0 Å². The molecule has 0 spiro atoms. The lowest BCUT2D eigenvalue weighted by molar-refractivity contribution is 0.0359. The van der Waals surface area contributed by atoms with Gasteiger partial charge in [0.15, 0.2) is 0 Å². The van der Waals surface area contributed by atoms with Crippen LogP contribution in [0.4, 0.5) is 0 Å². The molecule has 0 radical (unpaired) electrons. The molecule has 1 rings (SSSR count). The van der Waals surface area contributed by atoms with Gasteiger partial charge in [-0.25, -0.2) is 0 Å². The highest BCUT2D eigenvalue weighted by atomic mass is 32.2. The van der Waals surface area contributed by atoms with Gasteiger partial charge >= 0.3 is 0 Å². The number of hydrogen-bond acceptors (Lipinski definition) is 5. The molecule has 5 nitrogen and oxygen atoms in total. The van der Waals surface area contributed by atoms with Gasteiger partial charge < -0.3 is 4.74 Å². The second-order valence-electron chi connectivity index (χ2n) is 2.73. The Labute approximate surface area is 93.5 Å². The average molecular weight is 229 g/mol. The van der Waals surface area contributed by atoms with Crippen LogP contribution in [0.3, 0.4) is 0 Å². The summed E-state index contributed by atoms with van der Waals surface area (Å²) in [6, 6.07) is 0. The fraction of sp³-hybridized carbons (Fsp3) is 1.00. The van der Waals surface area contributed by atoms with Gasteiger partial charge in [0, 0.05) is 25.1 Å². The van der Waals surface area contributed by atoms with Gasteiger partial charge in [0.2, 0.25) is 0 Å². The maximum Gasteiger partial charge on any atom is 0.264 e. The van der Waals surface area contributed by atoms with E-state index in [0.29, 0.717) is 6.26 Å². The number of morpholine rings is 1. The van der Waals surface area contributed by atoms with E-state index in [1.165, 1.54) is 0 Å². The van der Waals surface area contributed by atoms with Crippen LogP contribution in [0.2, 0.25) is 0 Å². The summed E-state index contributed by atoms with van der Waals surface area (Å²) >= 11 is 0. The van der Waals surface area contributed by atoms with Gasteiger partial charge in [0.1, 0.15) is 0 Å².